The number of alkyl halides is 10. The van der Waals surface area contributed by atoms with Crippen LogP contribution >= 0.6 is 0 Å². The molecule has 0 aliphatic carbocycles. The second-order valence-electron chi connectivity index (χ2n) is 3.20. The Morgan fingerprint density at radius 2 is 1.06 bits per heavy atom. The van der Waals surface area contributed by atoms with Crippen molar-refractivity contribution in [1.29, 1.82) is 0 Å². The summed E-state index contributed by atoms with van der Waals surface area (Å²) < 4.78 is 126. The van der Waals surface area contributed by atoms with E-state index in [-0.39, 0.29) is 0 Å². The van der Waals surface area contributed by atoms with Crippen molar-refractivity contribution in [3.8, 4) is 0 Å². The normalized spacial score (nSPS) is 37.8. The average Bonchev–Trinajstić information content (AvgIpc) is 2.14. The lowest BCUT2D eigenvalue weighted by Gasteiger charge is -2.47. The van der Waals surface area contributed by atoms with Gasteiger partial charge in [-0.25, -0.2) is 8.78 Å². The fourth-order valence-corrected chi connectivity index (χ4v) is 1.06. The lowest BCUT2D eigenvalue weighted by molar-refractivity contribution is -0.535. The van der Waals surface area contributed by atoms with Gasteiger partial charge in [0.2, 0.25) is 0 Å². The summed E-state index contributed by atoms with van der Waals surface area (Å²) in [5, 5.41) is 0. The molecule has 0 N–H and O–H groups in total. The van der Waals surface area contributed by atoms with Gasteiger partial charge in [-0.2, -0.15) is 35.1 Å². The maximum atomic E-state index is 12.8. The van der Waals surface area contributed by atoms with Crippen molar-refractivity contribution in [2.24, 2.45) is 0 Å². The summed E-state index contributed by atoms with van der Waals surface area (Å²) in [5.74, 6) is -25.5. The molecule has 0 aromatic rings. The van der Waals surface area contributed by atoms with Crippen LogP contribution in [0.4, 0.5) is 43.9 Å². The van der Waals surface area contributed by atoms with Gasteiger partial charge in [0.15, 0.2) is 6.67 Å². The zero-order valence-electron chi connectivity index (χ0n) is 7.39. The SMILES string of the molecule is FCC1(F)OC(F)(F)C(F)(F)C(F)(F)C1(F)F. The standard InChI is InChI=1S/C6H2F10O/c7-1-2(8)3(9,10)4(11,12)5(13,14)6(15,16)17-2/h1H2. The molecule has 0 spiro atoms. The fraction of sp³-hybridized carbons (Fsp3) is 1.00. The van der Waals surface area contributed by atoms with E-state index in [0.717, 1.165) is 0 Å². The molecule has 0 saturated carbocycles. The Morgan fingerprint density at radius 1 is 0.647 bits per heavy atom. The van der Waals surface area contributed by atoms with Gasteiger partial charge in [-0.3, -0.25) is 4.74 Å². The van der Waals surface area contributed by atoms with Gasteiger partial charge in [-0.1, -0.05) is 0 Å². The predicted molar refractivity (Wildman–Crippen MR) is 30.7 cm³/mol. The van der Waals surface area contributed by atoms with E-state index in [4.69, 9.17) is 0 Å². The minimum absolute atomic E-state index is 2.22. The summed E-state index contributed by atoms with van der Waals surface area (Å²) in [4.78, 5) is 0. The molecule has 1 aliphatic rings. The van der Waals surface area contributed by atoms with Crippen LogP contribution in [0.1, 0.15) is 0 Å². The number of ether oxygens (including phenoxy) is 1. The Balaban J connectivity index is 3.46. The minimum atomic E-state index is -6.82. The molecular formula is C6H2F10O. The van der Waals surface area contributed by atoms with Crippen LogP contribution in [0, 0.1) is 0 Å². The molecule has 0 aromatic heterocycles. The molecule has 0 radical (unpaired) electrons. The number of hydrogen-bond acceptors (Lipinski definition) is 1. The second kappa shape index (κ2) is 3.18. The van der Waals surface area contributed by atoms with Crippen LogP contribution in [0.15, 0.2) is 0 Å². The lowest BCUT2D eigenvalue weighted by Crippen LogP contribution is -2.76. The van der Waals surface area contributed by atoms with Crippen molar-refractivity contribution >= 4 is 0 Å². The molecule has 11 heteroatoms. The van der Waals surface area contributed by atoms with Crippen LogP contribution in [0.5, 0.6) is 0 Å². The van der Waals surface area contributed by atoms with Gasteiger partial charge >= 0.3 is 29.7 Å². The highest BCUT2D eigenvalue weighted by Gasteiger charge is 2.92. The summed E-state index contributed by atoms with van der Waals surface area (Å²) in [6, 6.07) is 0. The largest absolute Gasteiger partial charge is 0.428 e. The van der Waals surface area contributed by atoms with Crippen molar-refractivity contribution in [1.82, 2.24) is 0 Å². The maximum Gasteiger partial charge on any atom is 0.428 e. The first-order valence-electron chi connectivity index (χ1n) is 3.73. The summed E-state index contributed by atoms with van der Waals surface area (Å²) in [6.07, 6.45) is -6.28. The molecule has 0 amide bonds. The number of hydrogen-bond donors (Lipinski definition) is 0. The van der Waals surface area contributed by atoms with Crippen molar-refractivity contribution in [2.75, 3.05) is 6.67 Å². The first-order chi connectivity index (χ1) is 7.27. The number of halogens is 10. The van der Waals surface area contributed by atoms with E-state index in [1.807, 2.05) is 0 Å². The fourth-order valence-electron chi connectivity index (χ4n) is 1.06. The summed E-state index contributed by atoms with van der Waals surface area (Å²) in [6.45, 7) is -3.15. The first-order valence-corrected chi connectivity index (χ1v) is 3.73. The quantitative estimate of drug-likeness (QED) is 0.670. The molecule has 1 fully saturated rings. The van der Waals surface area contributed by atoms with Gasteiger partial charge in [0.05, 0.1) is 0 Å². The molecule has 1 heterocycles. The molecule has 1 aliphatic heterocycles. The highest BCUT2D eigenvalue weighted by atomic mass is 19.4. The van der Waals surface area contributed by atoms with Crippen LogP contribution in [0.2, 0.25) is 0 Å². The third kappa shape index (κ3) is 1.37. The van der Waals surface area contributed by atoms with E-state index < -0.39 is 36.4 Å². The minimum Gasteiger partial charge on any atom is -0.269 e. The Kier molecular flexibility index (Phi) is 2.68. The average molecular weight is 280 g/mol. The van der Waals surface area contributed by atoms with E-state index in [9.17, 15) is 43.9 Å². The van der Waals surface area contributed by atoms with E-state index in [1.54, 1.807) is 0 Å². The van der Waals surface area contributed by atoms with Crippen LogP contribution in [-0.4, -0.2) is 36.4 Å². The molecular weight excluding hydrogens is 278 g/mol. The molecule has 0 bridgehead atoms. The van der Waals surface area contributed by atoms with Crippen molar-refractivity contribution in [2.45, 2.75) is 29.7 Å². The van der Waals surface area contributed by atoms with Gasteiger partial charge < -0.3 is 0 Å². The topological polar surface area (TPSA) is 9.23 Å². The van der Waals surface area contributed by atoms with Gasteiger partial charge in [-0.15, -0.1) is 0 Å². The molecule has 1 rings (SSSR count). The van der Waals surface area contributed by atoms with Crippen LogP contribution in [0.25, 0.3) is 0 Å². The van der Waals surface area contributed by atoms with Gasteiger partial charge in [0, 0.05) is 0 Å². The molecule has 1 saturated heterocycles. The predicted octanol–water partition coefficient (Wildman–Crippen LogP) is 3.15. The van der Waals surface area contributed by atoms with E-state index in [1.165, 1.54) is 0 Å². The first kappa shape index (κ1) is 14.3. The maximum absolute atomic E-state index is 12.8. The highest BCUT2D eigenvalue weighted by Crippen LogP contribution is 2.62. The molecule has 1 atom stereocenters. The zero-order valence-corrected chi connectivity index (χ0v) is 7.39. The van der Waals surface area contributed by atoms with Crippen molar-refractivity contribution in [3.63, 3.8) is 0 Å². The Bertz CT molecular complexity index is 325. The third-order valence-electron chi connectivity index (χ3n) is 2.08. The zero-order chi connectivity index (χ0) is 13.9. The van der Waals surface area contributed by atoms with Crippen LogP contribution in [-0.2, 0) is 4.74 Å². The highest BCUT2D eigenvalue weighted by molar-refractivity contribution is 5.11. The molecule has 1 unspecified atom stereocenters. The summed E-state index contributed by atoms with van der Waals surface area (Å²) in [7, 11) is 0. The second-order valence-corrected chi connectivity index (χ2v) is 3.20. The van der Waals surface area contributed by atoms with Crippen LogP contribution < -0.4 is 0 Å². The third-order valence-corrected chi connectivity index (χ3v) is 2.08. The molecule has 0 aromatic carbocycles. The van der Waals surface area contributed by atoms with Gasteiger partial charge in [-0.05, 0) is 0 Å². The van der Waals surface area contributed by atoms with E-state index >= 15 is 0 Å². The Morgan fingerprint density at radius 3 is 1.41 bits per heavy atom. The smallest absolute Gasteiger partial charge is 0.269 e. The van der Waals surface area contributed by atoms with Gasteiger partial charge in [0.25, 0.3) is 0 Å². The van der Waals surface area contributed by atoms with E-state index in [2.05, 4.69) is 4.74 Å². The van der Waals surface area contributed by atoms with Crippen molar-refractivity contribution in [3.05, 3.63) is 0 Å². The Labute approximate surface area is 86.3 Å². The lowest BCUT2D eigenvalue weighted by atomic mass is 9.94. The number of rotatable bonds is 1. The summed E-state index contributed by atoms with van der Waals surface area (Å²) in [5.41, 5.74) is 0. The van der Waals surface area contributed by atoms with Crippen LogP contribution in [0.3, 0.4) is 0 Å². The molecule has 102 valence electrons. The van der Waals surface area contributed by atoms with E-state index in [0.29, 0.717) is 0 Å². The van der Waals surface area contributed by atoms with Crippen molar-refractivity contribution < 1.29 is 48.6 Å². The molecule has 1 nitrogen and oxygen atoms in total. The summed E-state index contributed by atoms with van der Waals surface area (Å²) >= 11 is 0. The Hall–Kier alpha value is -0.740. The molecule has 17 heavy (non-hydrogen) atoms. The monoisotopic (exact) mass is 280 g/mol. The van der Waals surface area contributed by atoms with Gasteiger partial charge in [0.1, 0.15) is 0 Å².